The Kier molecular flexibility index (Phi) is 6.95. The number of allylic oxidation sites excluding steroid dienone is 3. The molecule has 0 amide bonds. The third-order valence-corrected chi connectivity index (χ3v) is 6.07. The predicted octanol–water partition coefficient (Wildman–Crippen LogP) is 4.84. The summed E-state index contributed by atoms with van der Waals surface area (Å²) in [5.41, 5.74) is 2.59. The molecule has 182 valence electrons. The lowest BCUT2D eigenvalue weighted by Gasteiger charge is -2.34. The lowest BCUT2D eigenvalue weighted by atomic mass is 9.75. The highest BCUT2D eigenvalue weighted by atomic mass is 19.1. The van der Waals surface area contributed by atoms with Gasteiger partial charge in [0.1, 0.15) is 12.4 Å². The number of rotatable bonds is 7. The third kappa shape index (κ3) is 4.94. The molecule has 0 unspecified atom stereocenters. The molecule has 35 heavy (non-hydrogen) atoms. The van der Waals surface area contributed by atoms with E-state index in [1.54, 1.807) is 26.0 Å². The van der Waals surface area contributed by atoms with Gasteiger partial charge in [-0.1, -0.05) is 18.2 Å². The highest BCUT2D eigenvalue weighted by molar-refractivity contribution is 6.03. The lowest BCUT2D eigenvalue weighted by Crippen LogP contribution is -2.34. The molecule has 2 aliphatic rings. The number of hydrogen-bond donors (Lipinski definition) is 1. The highest BCUT2D eigenvalue weighted by Gasteiger charge is 2.39. The third-order valence-electron chi connectivity index (χ3n) is 6.07. The van der Waals surface area contributed by atoms with Crippen LogP contribution in [0.1, 0.15) is 50.2 Å². The monoisotopic (exact) mass is 480 g/mol. The Hall–Kier alpha value is -4.01. The van der Waals surface area contributed by atoms with Crippen molar-refractivity contribution in [2.24, 2.45) is 0 Å². The summed E-state index contributed by atoms with van der Waals surface area (Å²) in [6.07, 6.45) is 1.66. The average molecular weight is 480 g/mol. The summed E-state index contributed by atoms with van der Waals surface area (Å²) in [5, 5.41) is 15.1. The molecule has 2 aromatic rings. The van der Waals surface area contributed by atoms with Gasteiger partial charge in [0.25, 0.3) is 0 Å². The second-order valence-electron chi connectivity index (χ2n) is 8.39. The summed E-state index contributed by atoms with van der Waals surface area (Å²) in [6.45, 7) is 3.50. The zero-order chi connectivity index (χ0) is 25.1. The Morgan fingerprint density at radius 1 is 1.23 bits per heavy atom. The van der Waals surface area contributed by atoms with E-state index in [2.05, 4.69) is 5.32 Å². The van der Waals surface area contributed by atoms with Crippen molar-refractivity contribution in [1.82, 2.24) is 5.32 Å². The van der Waals surface area contributed by atoms with Crippen molar-refractivity contribution < 1.29 is 28.4 Å². The molecule has 0 radical (unpaired) electrons. The van der Waals surface area contributed by atoms with Crippen molar-refractivity contribution in [3.63, 3.8) is 0 Å². The number of esters is 1. The quantitative estimate of drug-likeness (QED) is 0.343. The smallest absolute Gasteiger partial charge is 0.336 e. The van der Waals surface area contributed by atoms with Gasteiger partial charge in [-0.15, -0.1) is 0 Å². The fourth-order valence-electron chi connectivity index (χ4n) is 4.56. The first kappa shape index (κ1) is 24.1. The van der Waals surface area contributed by atoms with Crippen molar-refractivity contribution in [2.75, 3.05) is 6.61 Å². The van der Waals surface area contributed by atoms with Crippen molar-refractivity contribution in [3.05, 3.63) is 92.1 Å². The molecule has 1 atom stereocenters. The number of carbonyl (C=O) groups is 2. The number of carbonyl (C=O) groups excluding carboxylic acids is 2. The number of Topliss-reactive ketones (excluding diaryl/α,β-unsaturated/α-hetero) is 1. The summed E-state index contributed by atoms with van der Waals surface area (Å²) in [4.78, 5) is 37.2. The molecule has 8 nitrogen and oxygen atoms in total. The SMILES string of the molecule is CCOC(=O)C1=C(C)NC2=C(C(=O)CCC2)[C@@H]1c1ccc(OCc2cccc(F)c2)c([N+](=O)[O-])c1. The van der Waals surface area contributed by atoms with Crippen LogP contribution in [-0.2, 0) is 20.9 Å². The fraction of sp³-hybridized carbons (Fsp3) is 0.308. The summed E-state index contributed by atoms with van der Waals surface area (Å²) in [7, 11) is 0. The van der Waals surface area contributed by atoms with Crippen LogP contribution >= 0.6 is 0 Å². The summed E-state index contributed by atoms with van der Waals surface area (Å²) in [5.74, 6) is -1.92. The van der Waals surface area contributed by atoms with E-state index >= 15 is 0 Å². The maximum atomic E-state index is 13.5. The molecule has 4 rings (SSSR count). The summed E-state index contributed by atoms with van der Waals surface area (Å²) < 4.78 is 24.4. The van der Waals surface area contributed by atoms with Crippen LogP contribution in [0.25, 0.3) is 0 Å². The normalized spacial score (nSPS) is 17.6. The van der Waals surface area contributed by atoms with Gasteiger partial charge in [0, 0.05) is 35.4 Å². The standard InChI is InChI=1S/C26H25FN2O6/c1-3-34-26(31)23-15(2)28-19-8-5-9-21(30)25(19)24(23)17-10-11-22(20(13-17)29(32)33)35-14-16-6-4-7-18(27)12-16/h4,6-7,10-13,24,28H,3,5,8-9,14H2,1-2H3/t24-/m1/s1. The van der Waals surface area contributed by atoms with E-state index in [0.29, 0.717) is 41.7 Å². The van der Waals surface area contributed by atoms with Gasteiger partial charge in [-0.05, 0) is 56.0 Å². The zero-order valence-electron chi connectivity index (χ0n) is 19.4. The second kappa shape index (κ2) is 10.1. The number of nitrogens with one attached hydrogen (secondary N) is 1. The molecule has 0 saturated carbocycles. The van der Waals surface area contributed by atoms with Gasteiger partial charge in [0.15, 0.2) is 11.5 Å². The Labute approximate surface area is 201 Å². The Bertz CT molecular complexity index is 1270. The number of benzene rings is 2. The van der Waals surface area contributed by atoms with Crippen molar-refractivity contribution in [2.45, 2.75) is 45.6 Å². The van der Waals surface area contributed by atoms with E-state index in [4.69, 9.17) is 9.47 Å². The average Bonchev–Trinajstić information content (AvgIpc) is 2.82. The molecule has 0 saturated heterocycles. The van der Waals surface area contributed by atoms with E-state index < -0.39 is 22.6 Å². The predicted molar refractivity (Wildman–Crippen MR) is 125 cm³/mol. The number of halogens is 1. The fourth-order valence-corrected chi connectivity index (χ4v) is 4.56. The minimum absolute atomic E-state index is 0.000458. The maximum absolute atomic E-state index is 13.5. The highest BCUT2D eigenvalue weighted by Crippen LogP contribution is 2.44. The Morgan fingerprint density at radius 3 is 2.74 bits per heavy atom. The molecule has 1 N–H and O–H groups in total. The molecule has 1 aliphatic carbocycles. The van der Waals surface area contributed by atoms with Gasteiger partial charge >= 0.3 is 11.7 Å². The topological polar surface area (TPSA) is 108 Å². The second-order valence-corrected chi connectivity index (χ2v) is 8.39. The number of nitro benzene ring substituents is 1. The van der Waals surface area contributed by atoms with E-state index in [1.165, 1.54) is 30.3 Å². The van der Waals surface area contributed by atoms with Crippen molar-refractivity contribution >= 4 is 17.4 Å². The van der Waals surface area contributed by atoms with Gasteiger partial charge in [0.2, 0.25) is 0 Å². The molecular formula is C26H25FN2O6. The lowest BCUT2D eigenvalue weighted by molar-refractivity contribution is -0.386. The Morgan fingerprint density at radius 2 is 2.03 bits per heavy atom. The van der Waals surface area contributed by atoms with E-state index in [-0.39, 0.29) is 36.0 Å². The number of dihydropyridines is 1. The van der Waals surface area contributed by atoms with Gasteiger partial charge in [-0.2, -0.15) is 0 Å². The molecule has 1 heterocycles. The first-order valence-corrected chi connectivity index (χ1v) is 11.4. The number of nitro groups is 1. The number of ether oxygens (including phenoxy) is 2. The molecular weight excluding hydrogens is 455 g/mol. The molecule has 0 spiro atoms. The minimum Gasteiger partial charge on any atom is -0.482 e. The zero-order valence-corrected chi connectivity index (χ0v) is 19.4. The Balaban J connectivity index is 1.76. The van der Waals surface area contributed by atoms with E-state index in [9.17, 15) is 24.1 Å². The van der Waals surface area contributed by atoms with Crippen LogP contribution in [0.15, 0.2) is 65.0 Å². The molecule has 2 aromatic carbocycles. The summed E-state index contributed by atoms with van der Waals surface area (Å²) in [6, 6.07) is 10.2. The van der Waals surface area contributed by atoms with Gasteiger partial charge in [-0.3, -0.25) is 14.9 Å². The van der Waals surface area contributed by atoms with Crippen molar-refractivity contribution in [3.8, 4) is 5.75 Å². The van der Waals surface area contributed by atoms with Crippen LogP contribution in [0.2, 0.25) is 0 Å². The van der Waals surface area contributed by atoms with Crippen LogP contribution in [-0.4, -0.2) is 23.3 Å². The first-order chi connectivity index (χ1) is 16.8. The van der Waals surface area contributed by atoms with Crippen molar-refractivity contribution in [1.29, 1.82) is 0 Å². The van der Waals surface area contributed by atoms with E-state index in [1.807, 2.05) is 0 Å². The molecule has 0 bridgehead atoms. The summed E-state index contributed by atoms with van der Waals surface area (Å²) >= 11 is 0. The van der Waals surface area contributed by atoms with Gasteiger partial charge < -0.3 is 14.8 Å². The van der Waals surface area contributed by atoms with Crippen LogP contribution < -0.4 is 10.1 Å². The number of nitrogens with zero attached hydrogens (tertiary/aromatic N) is 1. The van der Waals surface area contributed by atoms with Crippen LogP contribution in [0.5, 0.6) is 5.75 Å². The molecule has 9 heteroatoms. The first-order valence-electron chi connectivity index (χ1n) is 11.4. The minimum atomic E-state index is -0.797. The van der Waals surface area contributed by atoms with Crippen LogP contribution in [0, 0.1) is 15.9 Å². The van der Waals surface area contributed by atoms with Gasteiger partial charge in [0.05, 0.1) is 17.1 Å². The molecule has 1 aliphatic heterocycles. The largest absolute Gasteiger partial charge is 0.482 e. The van der Waals surface area contributed by atoms with Gasteiger partial charge in [-0.25, -0.2) is 9.18 Å². The molecule has 0 aromatic heterocycles. The van der Waals surface area contributed by atoms with Crippen LogP contribution in [0.4, 0.5) is 10.1 Å². The van der Waals surface area contributed by atoms with Crippen LogP contribution in [0.3, 0.4) is 0 Å². The molecule has 0 fully saturated rings. The number of ketones is 1. The van der Waals surface area contributed by atoms with E-state index in [0.717, 1.165) is 5.70 Å². The maximum Gasteiger partial charge on any atom is 0.336 e. The number of hydrogen-bond acceptors (Lipinski definition) is 7.